The number of benzene rings is 1. The van der Waals surface area contributed by atoms with Gasteiger partial charge < -0.3 is 0 Å². The first kappa shape index (κ1) is 16.9. The van der Waals surface area contributed by atoms with Crippen molar-refractivity contribution in [3.8, 4) is 0 Å². The summed E-state index contributed by atoms with van der Waals surface area (Å²) in [5, 5.41) is -0.473. The lowest BCUT2D eigenvalue weighted by Gasteiger charge is -2.45. The third kappa shape index (κ3) is 1.89. The molecule has 0 aliphatic heterocycles. The van der Waals surface area contributed by atoms with E-state index < -0.39 is 21.3 Å². The highest BCUT2D eigenvalue weighted by Gasteiger charge is 2.64. The quantitative estimate of drug-likeness (QED) is 0.224. The van der Waals surface area contributed by atoms with Crippen molar-refractivity contribution in [3.05, 3.63) is 43.4 Å². The molecule has 1 aromatic carbocycles. The maximum Gasteiger partial charge on any atom is 0.188 e. The van der Waals surface area contributed by atoms with Crippen molar-refractivity contribution in [1.29, 1.82) is 0 Å². The monoisotopic (exact) mass is 416 g/mol. The molecule has 3 rings (SSSR count). The summed E-state index contributed by atoms with van der Waals surface area (Å²) in [4.78, 5) is 22.6. The molecule has 0 amide bonds. The first-order chi connectivity index (χ1) is 10.2. The average Bonchev–Trinajstić information content (AvgIpc) is 2.49. The van der Waals surface area contributed by atoms with Gasteiger partial charge in [-0.2, -0.15) is 0 Å². The highest BCUT2D eigenvalue weighted by molar-refractivity contribution is 6.60. The minimum absolute atomic E-state index is 0.0954. The second kappa shape index (κ2) is 5.27. The molecule has 1 aromatic rings. The zero-order valence-corrected chi connectivity index (χ0v) is 15.2. The molecule has 0 heterocycles. The number of allylic oxidation sites excluding steroid dienone is 2. The summed E-state index contributed by atoms with van der Waals surface area (Å²) in [6, 6.07) is 0. The number of carbonyl (C=O) groups excluding carboxylic acids is 2. The van der Waals surface area contributed by atoms with Crippen LogP contribution in [0.1, 0.15) is 33.6 Å². The normalized spacial score (nSPS) is 30.3. The molecule has 116 valence electrons. The minimum Gasteiger partial charge on any atom is -0.292 e. The molecule has 0 fully saturated rings. The van der Waals surface area contributed by atoms with Crippen LogP contribution in [0.25, 0.3) is 0 Å². The smallest absolute Gasteiger partial charge is 0.188 e. The summed E-state index contributed by atoms with van der Waals surface area (Å²) < 4.78 is 0. The van der Waals surface area contributed by atoms with Crippen LogP contribution >= 0.6 is 69.6 Å². The van der Waals surface area contributed by atoms with E-state index >= 15 is 0 Å². The fourth-order valence-corrected chi connectivity index (χ4v) is 4.53. The van der Waals surface area contributed by atoms with Gasteiger partial charge in [-0.3, -0.25) is 9.59 Å². The second-order valence-corrected chi connectivity index (χ2v) is 7.95. The number of alkyl halides is 2. The Hall–Kier alpha value is 0.0400. The van der Waals surface area contributed by atoms with E-state index in [-0.39, 0.29) is 44.1 Å². The highest BCUT2D eigenvalue weighted by Crippen LogP contribution is 2.55. The molecule has 2 aliphatic carbocycles. The van der Waals surface area contributed by atoms with Gasteiger partial charge in [0.25, 0.3) is 0 Å². The fraction of sp³-hybridized carbons (Fsp3) is 0.286. The van der Waals surface area contributed by atoms with Gasteiger partial charge in [-0.05, 0) is 12.8 Å². The Bertz CT molecular complexity index is 708. The lowest BCUT2D eigenvalue weighted by Crippen LogP contribution is -2.60. The third-order valence-corrected chi connectivity index (χ3v) is 7.23. The van der Waals surface area contributed by atoms with Crippen molar-refractivity contribution in [2.24, 2.45) is 0 Å². The van der Waals surface area contributed by atoms with E-state index in [1.165, 1.54) is 0 Å². The Morgan fingerprint density at radius 1 is 0.682 bits per heavy atom. The first-order valence-corrected chi connectivity index (χ1v) is 8.42. The molecule has 0 spiro atoms. The third-order valence-electron chi connectivity index (χ3n) is 4.03. The van der Waals surface area contributed by atoms with E-state index in [2.05, 4.69) is 0 Å². The molecule has 2 nitrogen and oxygen atoms in total. The van der Waals surface area contributed by atoms with Crippen molar-refractivity contribution in [2.75, 3.05) is 0 Å². The van der Waals surface area contributed by atoms with E-state index in [1.54, 1.807) is 12.2 Å². The summed E-state index contributed by atoms with van der Waals surface area (Å²) >= 11 is 37.2. The number of carbonyl (C=O) groups is 2. The molecule has 8 heteroatoms. The Kier molecular flexibility index (Phi) is 4.04. The molecule has 2 aliphatic rings. The lowest BCUT2D eigenvalue weighted by molar-refractivity contribution is 0.0784. The maximum absolute atomic E-state index is 12.9. The van der Waals surface area contributed by atoms with E-state index in [9.17, 15) is 9.59 Å². The molecule has 0 saturated carbocycles. The minimum atomic E-state index is -1.63. The van der Waals surface area contributed by atoms with Crippen LogP contribution in [0.5, 0.6) is 0 Å². The molecule has 2 atom stereocenters. The van der Waals surface area contributed by atoms with Gasteiger partial charge in [0, 0.05) is 0 Å². The average molecular weight is 419 g/mol. The highest BCUT2D eigenvalue weighted by atomic mass is 35.5. The van der Waals surface area contributed by atoms with Crippen molar-refractivity contribution >= 4 is 81.2 Å². The van der Waals surface area contributed by atoms with Gasteiger partial charge in [0.1, 0.15) is 9.75 Å². The number of Topliss-reactive ketones (excluding diaryl/α,β-unsaturated/α-hetero) is 2. The number of halogens is 6. The molecule has 0 aromatic heterocycles. The van der Waals surface area contributed by atoms with Crippen LogP contribution < -0.4 is 0 Å². The Labute approximate surface area is 156 Å². The SMILES string of the molecule is O=C1c2c(Cl)c(Cl)c(Cl)c(Cl)c2C(=O)[C@]2(Cl)CC=CC[C@@]12Cl. The van der Waals surface area contributed by atoms with Crippen molar-refractivity contribution in [1.82, 2.24) is 0 Å². The molecule has 0 N–H and O–H groups in total. The van der Waals surface area contributed by atoms with Crippen molar-refractivity contribution < 1.29 is 9.59 Å². The van der Waals surface area contributed by atoms with Gasteiger partial charge in [0.2, 0.25) is 0 Å². The van der Waals surface area contributed by atoms with Gasteiger partial charge in [0.15, 0.2) is 11.6 Å². The van der Waals surface area contributed by atoms with Crippen molar-refractivity contribution in [2.45, 2.75) is 22.6 Å². The summed E-state index contributed by atoms with van der Waals surface area (Å²) in [6.45, 7) is 0. The number of hydrogen-bond donors (Lipinski definition) is 0. The van der Waals surface area contributed by atoms with Gasteiger partial charge >= 0.3 is 0 Å². The van der Waals surface area contributed by atoms with Crippen LogP contribution in [0.2, 0.25) is 20.1 Å². The Balaban J connectivity index is 2.43. The zero-order chi connectivity index (χ0) is 16.4. The first-order valence-electron chi connectivity index (χ1n) is 6.15. The van der Waals surface area contributed by atoms with Crippen molar-refractivity contribution in [3.63, 3.8) is 0 Å². The van der Waals surface area contributed by atoms with Crippen LogP contribution in [0, 0.1) is 0 Å². The van der Waals surface area contributed by atoms with E-state index in [4.69, 9.17) is 69.6 Å². The standard InChI is InChI=1S/C14H6Cl6O2/c15-7-5-6(8(16)10(18)9(7)17)12(22)14(20)4-2-1-3-13(14,19)11(5)21/h1-2H,3-4H2/t13-,14-/m1/s1. The predicted molar refractivity (Wildman–Crippen MR) is 90.7 cm³/mol. The molecule has 22 heavy (non-hydrogen) atoms. The maximum atomic E-state index is 12.9. The fourth-order valence-electron chi connectivity index (χ4n) is 2.81. The topological polar surface area (TPSA) is 34.1 Å². The molecule has 0 radical (unpaired) electrons. The van der Waals surface area contributed by atoms with Crippen LogP contribution in [-0.4, -0.2) is 21.3 Å². The van der Waals surface area contributed by atoms with Gasteiger partial charge in [-0.25, -0.2) is 0 Å². The second-order valence-electron chi connectivity index (χ2n) is 5.15. The summed E-state index contributed by atoms with van der Waals surface area (Å²) in [6.07, 6.45) is 3.63. The van der Waals surface area contributed by atoms with Crippen LogP contribution in [0.4, 0.5) is 0 Å². The van der Waals surface area contributed by atoms with Gasteiger partial charge in [-0.1, -0.05) is 58.6 Å². The largest absolute Gasteiger partial charge is 0.292 e. The van der Waals surface area contributed by atoms with E-state index in [0.29, 0.717) is 0 Å². The summed E-state index contributed by atoms with van der Waals surface area (Å²) in [7, 11) is 0. The number of fused-ring (bicyclic) bond motifs is 2. The van der Waals surface area contributed by atoms with Gasteiger partial charge in [0.05, 0.1) is 31.2 Å². The molecule has 0 saturated heterocycles. The molecular weight excluding hydrogens is 413 g/mol. The molecule has 0 bridgehead atoms. The van der Waals surface area contributed by atoms with Crippen LogP contribution in [0.3, 0.4) is 0 Å². The number of rotatable bonds is 0. The predicted octanol–water partition coefficient (Wildman–Crippen LogP) is 5.98. The van der Waals surface area contributed by atoms with Crippen LogP contribution in [0.15, 0.2) is 12.2 Å². The Morgan fingerprint density at radius 3 is 1.32 bits per heavy atom. The number of hydrogen-bond acceptors (Lipinski definition) is 2. The molecular formula is C14H6Cl6O2. The Morgan fingerprint density at radius 2 is 1.00 bits per heavy atom. The zero-order valence-electron chi connectivity index (χ0n) is 10.7. The van der Waals surface area contributed by atoms with Gasteiger partial charge in [-0.15, -0.1) is 23.2 Å². The van der Waals surface area contributed by atoms with E-state index in [1.807, 2.05) is 0 Å². The number of ketones is 2. The lowest BCUT2D eigenvalue weighted by atomic mass is 9.68. The summed E-state index contributed by atoms with van der Waals surface area (Å²) in [5.41, 5.74) is -0.236. The van der Waals surface area contributed by atoms with E-state index in [0.717, 1.165) is 0 Å². The summed E-state index contributed by atoms with van der Waals surface area (Å²) in [5.74, 6) is -1.15. The van der Waals surface area contributed by atoms with Crippen LogP contribution in [-0.2, 0) is 0 Å². The molecule has 0 unspecified atom stereocenters.